The van der Waals surface area contributed by atoms with Crippen LogP contribution in [-0.2, 0) is 14.3 Å². The summed E-state index contributed by atoms with van der Waals surface area (Å²) in [5, 5.41) is 11.7. The molecule has 4 aliphatic carbocycles. The van der Waals surface area contributed by atoms with Gasteiger partial charge in [0.15, 0.2) is 17.1 Å². The van der Waals surface area contributed by atoms with E-state index >= 15 is 8.78 Å². The highest BCUT2D eigenvalue weighted by Crippen LogP contribution is 2.71. The molecule has 204 valence electrons. The largest absolute Gasteiger partial charge is 0.449 e. The summed E-state index contributed by atoms with van der Waals surface area (Å²) in [5.41, 5.74) is -6.12. The van der Waals surface area contributed by atoms with Crippen molar-refractivity contribution >= 4 is 29.0 Å². The number of allylic oxidation sites excluding steroid dienone is 4. The third kappa shape index (κ3) is 3.45. The maximum absolute atomic E-state index is 17.5. The van der Waals surface area contributed by atoms with E-state index in [1.54, 1.807) is 38.1 Å². The summed E-state index contributed by atoms with van der Waals surface area (Å²) in [6, 6.07) is 8.91. The van der Waals surface area contributed by atoms with E-state index in [-0.39, 0.29) is 41.6 Å². The van der Waals surface area contributed by atoms with Crippen molar-refractivity contribution in [3.63, 3.8) is 0 Å². The summed E-state index contributed by atoms with van der Waals surface area (Å²) < 4.78 is 45.6. The van der Waals surface area contributed by atoms with E-state index in [0.29, 0.717) is 12.2 Å². The molecule has 8 heteroatoms. The number of thiocarbonyl (C=S) groups is 1. The van der Waals surface area contributed by atoms with Gasteiger partial charge in [0.25, 0.3) is 0 Å². The Labute approximate surface area is 227 Å². The highest BCUT2D eigenvalue weighted by atomic mass is 32.1. The molecule has 0 spiro atoms. The molecule has 1 N–H and O–H groups in total. The van der Waals surface area contributed by atoms with Crippen LogP contribution in [0.2, 0.25) is 0 Å². The summed E-state index contributed by atoms with van der Waals surface area (Å²) in [5.74, 6) is -2.17. The molecule has 4 aliphatic rings. The van der Waals surface area contributed by atoms with Gasteiger partial charge < -0.3 is 14.6 Å². The van der Waals surface area contributed by atoms with Gasteiger partial charge in [0.1, 0.15) is 11.9 Å². The molecular formula is C30H34F2O5S. The van der Waals surface area contributed by atoms with Crippen LogP contribution >= 0.6 is 12.2 Å². The Kier molecular flexibility index (Phi) is 6.46. The highest BCUT2D eigenvalue weighted by Gasteiger charge is 2.78. The number of benzene rings is 1. The molecule has 0 radical (unpaired) electrons. The minimum atomic E-state index is -2.23. The van der Waals surface area contributed by atoms with Gasteiger partial charge in [-0.1, -0.05) is 45.0 Å². The molecule has 38 heavy (non-hydrogen) atoms. The first-order valence-corrected chi connectivity index (χ1v) is 13.7. The zero-order valence-electron chi connectivity index (χ0n) is 22.1. The monoisotopic (exact) mass is 544 g/mol. The van der Waals surface area contributed by atoms with Gasteiger partial charge in [0.05, 0.1) is 6.10 Å². The van der Waals surface area contributed by atoms with Gasteiger partial charge in [-0.25, -0.2) is 8.78 Å². The lowest BCUT2D eigenvalue weighted by Crippen LogP contribution is -2.71. The predicted octanol–water partition coefficient (Wildman–Crippen LogP) is 5.65. The molecule has 3 saturated carbocycles. The maximum Gasteiger partial charge on any atom is 0.306 e. The third-order valence-corrected chi connectivity index (χ3v) is 10.4. The van der Waals surface area contributed by atoms with Crippen molar-refractivity contribution in [3.8, 4) is 5.75 Å². The standard InChI is InChI=1S/C30H34F2O5S/c1-5-25(35)37-30(26(38)36-19-9-7-6-8-10-19)17(2)13-20-21-15-23(31)22-14-18(33)11-12-27(22,3)29(21,32)24(34)16-28(20,30)4/h6-12,14,17,20-21,23-24,34H,5,13,15-16H2,1-4H3/t17-,20+,21+,23+,24+,27+,28+,29+,30+/m1/s1. The van der Waals surface area contributed by atoms with Gasteiger partial charge in [-0.05, 0) is 74.2 Å². The Hall–Kier alpha value is -2.45. The number of para-hydroxylation sites is 1. The first kappa shape index (κ1) is 27.1. The second-order valence-electron chi connectivity index (χ2n) is 11.8. The molecule has 9 atom stereocenters. The molecule has 0 heterocycles. The van der Waals surface area contributed by atoms with Crippen LogP contribution < -0.4 is 4.74 Å². The summed E-state index contributed by atoms with van der Waals surface area (Å²) in [6.07, 6.45) is 1.01. The Balaban J connectivity index is 1.63. The SMILES string of the molecule is CCC(=O)O[C@]1(C(=S)Oc2ccccc2)[C@H](C)C[C@H]2[C@@H]3C[C@H](F)C4=CC(=O)C=C[C@]4(C)[C@@]3(F)[C@@H](O)C[C@@]21C. The summed E-state index contributed by atoms with van der Waals surface area (Å²) in [6.45, 7) is 6.99. The Morgan fingerprint density at radius 1 is 1.18 bits per heavy atom. The fourth-order valence-corrected chi connectivity index (χ4v) is 8.71. The molecule has 1 aromatic rings. The molecule has 0 bridgehead atoms. The third-order valence-electron chi connectivity index (χ3n) is 9.99. The average Bonchev–Trinajstić information content (AvgIpc) is 3.09. The number of ether oxygens (including phenoxy) is 2. The highest BCUT2D eigenvalue weighted by molar-refractivity contribution is 7.80. The zero-order chi connectivity index (χ0) is 27.7. The first-order valence-electron chi connectivity index (χ1n) is 13.3. The van der Waals surface area contributed by atoms with Crippen molar-refractivity contribution in [2.75, 3.05) is 0 Å². The van der Waals surface area contributed by atoms with Crippen molar-refractivity contribution in [1.82, 2.24) is 0 Å². The second-order valence-corrected chi connectivity index (χ2v) is 12.1. The van der Waals surface area contributed by atoms with E-state index in [9.17, 15) is 14.7 Å². The molecule has 0 amide bonds. The molecule has 0 saturated heterocycles. The normalized spacial score (nSPS) is 43.4. The molecule has 0 unspecified atom stereocenters. The molecular weight excluding hydrogens is 510 g/mol. The Bertz CT molecular complexity index is 1230. The lowest BCUT2D eigenvalue weighted by Gasteiger charge is -2.63. The van der Waals surface area contributed by atoms with Crippen LogP contribution in [0.5, 0.6) is 5.75 Å². The number of halogens is 2. The van der Waals surface area contributed by atoms with Crippen LogP contribution in [0.15, 0.2) is 54.1 Å². The zero-order valence-corrected chi connectivity index (χ0v) is 22.9. The minimum Gasteiger partial charge on any atom is -0.449 e. The maximum atomic E-state index is 17.5. The van der Waals surface area contributed by atoms with Crippen molar-refractivity contribution in [1.29, 1.82) is 0 Å². The number of aliphatic hydroxyl groups excluding tert-OH is 1. The van der Waals surface area contributed by atoms with E-state index in [2.05, 4.69) is 0 Å². The minimum absolute atomic E-state index is 0.0455. The fraction of sp³-hybridized carbons (Fsp3) is 0.567. The number of carbonyl (C=O) groups excluding carboxylic acids is 2. The fourth-order valence-electron chi connectivity index (χ4n) is 8.14. The Morgan fingerprint density at radius 3 is 2.53 bits per heavy atom. The number of alkyl halides is 2. The molecule has 0 aromatic heterocycles. The van der Waals surface area contributed by atoms with Gasteiger partial charge in [-0.2, -0.15) is 0 Å². The summed E-state index contributed by atoms with van der Waals surface area (Å²) in [4.78, 5) is 24.9. The average molecular weight is 545 g/mol. The number of fused-ring (bicyclic) bond motifs is 5. The first-order chi connectivity index (χ1) is 17.8. The number of hydrogen-bond donors (Lipinski definition) is 1. The van der Waals surface area contributed by atoms with Gasteiger partial charge in [-0.3, -0.25) is 9.59 Å². The van der Waals surface area contributed by atoms with Crippen molar-refractivity contribution < 1.29 is 33.0 Å². The van der Waals surface area contributed by atoms with E-state index in [1.165, 1.54) is 18.2 Å². The molecule has 3 fully saturated rings. The van der Waals surface area contributed by atoms with Crippen LogP contribution in [0, 0.1) is 28.6 Å². The van der Waals surface area contributed by atoms with Crippen molar-refractivity contribution in [3.05, 3.63) is 54.1 Å². The number of rotatable bonds is 4. The molecule has 0 aliphatic heterocycles. The van der Waals surface area contributed by atoms with Crippen LogP contribution in [-0.4, -0.2) is 45.5 Å². The molecule has 1 aromatic carbocycles. The number of esters is 1. The molecule has 5 nitrogen and oxygen atoms in total. The van der Waals surface area contributed by atoms with Gasteiger partial charge in [-0.15, -0.1) is 0 Å². The van der Waals surface area contributed by atoms with Crippen LogP contribution in [0.4, 0.5) is 8.78 Å². The topological polar surface area (TPSA) is 72.8 Å². The number of ketones is 1. The van der Waals surface area contributed by atoms with Gasteiger partial charge in [0.2, 0.25) is 5.05 Å². The number of aliphatic hydroxyl groups is 1. The predicted molar refractivity (Wildman–Crippen MR) is 142 cm³/mol. The number of carbonyl (C=O) groups is 2. The van der Waals surface area contributed by atoms with E-state index in [0.717, 1.165) is 0 Å². The smallest absolute Gasteiger partial charge is 0.306 e. The lowest BCUT2D eigenvalue weighted by atomic mass is 9.44. The van der Waals surface area contributed by atoms with Crippen molar-refractivity contribution in [2.45, 2.75) is 76.9 Å². The quantitative estimate of drug-likeness (QED) is 0.390. The Morgan fingerprint density at radius 2 is 1.87 bits per heavy atom. The van der Waals surface area contributed by atoms with Crippen LogP contribution in [0.1, 0.15) is 53.4 Å². The van der Waals surface area contributed by atoms with Gasteiger partial charge >= 0.3 is 5.97 Å². The van der Waals surface area contributed by atoms with E-state index in [1.807, 2.05) is 19.9 Å². The van der Waals surface area contributed by atoms with Crippen molar-refractivity contribution in [2.24, 2.45) is 28.6 Å². The van der Waals surface area contributed by atoms with E-state index in [4.69, 9.17) is 21.7 Å². The summed E-state index contributed by atoms with van der Waals surface area (Å²) in [7, 11) is 0. The van der Waals surface area contributed by atoms with Crippen LogP contribution in [0.25, 0.3) is 0 Å². The van der Waals surface area contributed by atoms with Gasteiger partial charge in [0, 0.05) is 29.1 Å². The second kappa shape index (κ2) is 9.05. The number of hydrogen-bond acceptors (Lipinski definition) is 6. The van der Waals surface area contributed by atoms with Crippen LogP contribution in [0.3, 0.4) is 0 Å². The molecule has 5 rings (SSSR count). The lowest BCUT2D eigenvalue weighted by molar-refractivity contribution is -0.222. The van der Waals surface area contributed by atoms with E-state index < -0.39 is 52.2 Å². The summed E-state index contributed by atoms with van der Waals surface area (Å²) >= 11 is 5.85.